The van der Waals surface area contributed by atoms with Crippen LogP contribution in [0.25, 0.3) is 11.0 Å². The molecule has 0 spiro atoms. The number of aromatic amines is 1. The van der Waals surface area contributed by atoms with Gasteiger partial charge in [-0.1, -0.05) is 24.4 Å². The standard InChI is InChI=1S/C22H24ClF3N6O/c1-32(2)17-6-4-3-5-16(17)28-22-29-19-12(10-15(25)18(26)20(19)30-22)21(31-33)27-11-7-8-14(24)13(23)9-11/h7-10,16-17,33H,3-6H2,1-2H3,(H,27,31)(H2,28,29,30)/t16-,17-/m0/s1. The van der Waals surface area contributed by atoms with E-state index in [0.717, 1.165) is 37.8 Å². The van der Waals surface area contributed by atoms with E-state index >= 15 is 0 Å². The molecule has 11 heteroatoms. The van der Waals surface area contributed by atoms with Crippen LogP contribution in [0.3, 0.4) is 0 Å². The number of nitrogens with zero attached hydrogens (tertiary/aromatic N) is 3. The van der Waals surface area contributed by atoms with Crippen molar-refractivity contribution in [2.75, 3.05) is 19.4 Å². The van der Waals surface area contributed by atoms with Crippen molar-refractivity contribution in [1.29, 1.82) is 0 Å². The van der Waals surface area contributed by atoms with Gasteiger partial charge in [-0.25, -0.2) is 23.1 Å². The van der Waals surface area contributed by atoms with Crippen LogP contribution in [-0.4, -0.2) is 52.1 Å². The van der Waals surface area contributed by atoms with Crippen LogP contribution in [0.4, 0.5) is 24.8 Å². The molecule has 1 aliphatic rings. The zero-order chi connectivity index (χ0) is 23.7. The van der Waals surface area contributed by atoms with E-state index in [4.69, 9.17) is 11.6 Å². The van der Waals surface area contributed by atoms with Gasteiger partial charge in [-0.2, -0.15) is 0 Å². The minimum absolute atomic E-state index is 0.0419. The molecule has 2 atom stereocenters. The number of anilines is 1. The third-order valence-corrected chi connectivity index (χ3v) is 6.17. The molecule has 1 heterocycles. The smallest absolute Gasteiger partial charge is 0.201 e. The number of amidine groups is 1. The summed E-state index contributed by atoms with van der Waals surface area (Å²) in [6.45, 7) is 0. The van der Waals surface area contributed by atoms with Crippen LogP contribution in [0, 0.1) is 17.5 Å². The topological polar surface area (TPSA) is 88.6 Å². The number of imidazole rings is 1. The number of rotatable bonds is 5. The number of aliphatic imine (C=N–C) groups is 1. The summed E-state index contributed by atoms with van der Waals surface area (Å²) in [6.07, 6.45) is 4.12. The summed E-state index contributed by atoms with van der Waals surface area (Å²) in [7, 11) is 4.02. The van der Waals surface area contributed by atoms with Crippen LogP contribution in [0.5, 0.6) is 0 Å². The molecule has 0 bridgehead atoms. The summed E-state index contributed by atoms with van der Waals surface area (Å²) < 4.78 is 42.5. The fourth-order valence-corrected chi connectivity index (χ4v) is 4.43. The van der Waals surface area contributed by atoms with Crippen molar-refractivity contribution in [1.82, 2.24) is 20.3 Å². The lowest BCUT2D eigenvalue weighted by atomic mass is 9.90. The molecule has 0 saturated heterocycles. The first kappa shape index (κ1) is 23.3. The zero-order valence-corrected chi connectivity index (χ0v) is 18.8. The van der Waals surface area contributed by atoms with Crippen molar-refractivity contribution in [2.45, 2.75) is 37.8 Å². The quantitative estimate of drug-likeness (QED) is 0.235. The Labute approximate surface area is 193 Å². The lowest BCUT2D eigenvalue weighted by Gasteiger charge is -2.36. The first-order valence-electron chi connectivity index (χ1n) is 10.5. The van der Waals surface area contributed by atoms with Crippen molar-refractivity contribution >= 4 is 40.1 Å². The van der Waals surface area contributed by atoms with E-state index in [0.29, 0.717) is 0 Å². The van der Waals surface area contributed by atoms with Gasteiger partial charge < -0.3 is 15.2 Å². The van der Waals surface area contributed by atoms with Crippen LogP contribution in [0.2, 0.25) is 5.02 Å². The SMILES string of the molecule is CN(C)[C@H]1CCCC[C@@H]1Nc1nc2c(F)c(F)cc(C(=Nc3ccc(F)c(Cl)c3)NO)c2[nH]1. The maximum atomic E-state index is 14.6. The van der Waals surface area contributed by atoms with E-state index in [2.05, 4.69) is 25.2 Å². The molecule has 1 saturated carbocycles. The number of likely N-dealkylation sites (N-methyl/N-ethyl adjacent to an activating group) is 1. The average Bonchev–Trinajstić information content (AvgIpc) is 3.21. The highest BCUT2D eigenvalue weighted by molar-refractivity contribution is 6.31. The molecule has 176 valence electrons. The molecule has 7 nitrogen and oxygen atoms in total. The molecule has 4 N–H and O–H groups in total. The van der Waals surface area contributed by atoms with Crippen LogP contribution < -0.4 is 10.8 Å². The third kappa shape index (κ3) is 4.78. The second kappa shape index (κ2) is 9.58. The second-order valence-electron chi connectivity index (χ2n) is 8.27. The number of aromatic nitrogens is 2. The molecule has 1 aliphatic carbocycles. The van der Waals surface area contributed by atoms with Crippen LogP contribution in [-0.2, 0) is 0 Å². The van der Waals surface area contributed by atoms with Crippen molar-refractivity contribution < 1.29 is 18.4 Å². The molecule has 0 amide bonds. The van der Waals surface area contributed by atoms with Gasteiger partial charge in [-0.05, 0) is 51.2 Å². The van der Waals surface area contributed by atoms with Gasteiger partial charge in [0.1, 0.15) is 11.3 Å². The summed E-state index contributed by atoms with van der Waals surface area (Å²) in [5.74, 6) is -2.81. The predicted octanol–water partition coefficient (Wildman–Crippen LogP) is 4.98. The molecular formula is C22H24ClF3N6O. The van der Waals surface area contributed by atoms with Gasteiger partial charge >= 0.3 is 0 Å². The third-order valence-electron chi connectivity index (χ3n) is 5.88. The largest absolute Gasteiger partial charge is 0.351 e. The van der Waals surface area contributed by atoms with Crippen LogP contribution in [0.15, 0.2) is 29.3 Å². The summed E-state index contributed by atoms with van der Waals surface area (Å²) in [5.41, 5.74) is 2.05. The van der Waals surface area contributed by atoms with Gasteiger partial charge in [-0.15, -0.1) is 0 Å². The molecule has 33 heavy (non-hydrogen) atoms. The normalized spacial score (nSPS) is 19.3. The van der Waals surface area contributed by atoms with Crippen LogP contribution >= 0.6 is 11.6 Å². The molecule has 0 unspecified atom stereocenters. The van der Waals surface area contributed by atoms with Crippen LogP contribution in [0.1, 0.15) is 31.2 Å². The minimum Gasteiger partial charge on any atom is -0.351 e. The lowest BCUT2D eigenvalue weighted by Crippen LogP contribution is -2.45. The first-order valence-corrected chi connectivity index (χ1v) is 10.9. The monoisotopic (exact) mass is 480 g/mol. The van der Waals surface area contributed by atoms with E-state index in [9.17, 15) is 18.4 Å². The summed E-state index contributed by atoms with van der Waals surface area (Å²) in [4.78, 5) is 13.5. The number of H-pyrrole nitrogens is 1. The maximum absolute atomic E-state index is 14.6. The highest BCUT2D eigenvalue weighted by Crippen LogP contribution is 2.29. The van der Waals surface area contributed by atoms with E-state index in [1.165, 1.54) is 12.1 Å². The number of hydrogen-bond donors (Lipinski definition) is 4. The Balaban J connectivity index is 1.75. The molecule has 3 aromatic rings. The second-order valence-corrected chi connectivity index (χ2v) is 8.67. The lowest BCUT2D eigenvalue weighted by molar-refractivity contribution is 0.211. The van der Waals surface area contributed by atoms with E-state index < -0.39 is 17.5 Å². The van der Waals surface area contributed by atoms with Gasteiger partial charge in [0.25, 0.3) is 0 Å². The summed E-state index contributed by atoms with van der Waals surface area (Å²) in [5, 5.41) is 12.8. The number of fused-ring (bicyclic) bond motifs is 1. The zero-order valence-electron chi connectivity index (χ0n) is 18.1. The Hall–Kier alpha value is -2.82. The van der Waals surface area contributed by atoms with E-state index in [-0.39, 0.29) is 51.2 Å². The van der Waals surface area contributed by atoms with Gasteiger partial charge in [0, 0.05) is 17.6 Å². The fraction of sp³-hybridized carbons (Fsp3) is 0.364. The predicted molar refractivity (Wildman–Crippen MR) is 122 cm³/mol. The Bertz CT molecular complexity index is 1200. The van der Waals surface area contributed by atoms with E-state index in [1.54, 1.807) is 0 Å². The highest BCUT2D eigenvalue weighted by atomic mass is 35.5. The Morgan fingerprint density at radius 3 is 2.64 bits per heavy atom. The molecule has 1 fully saturated rings. The Morgan fingerprint density at radius 2 is 1.94 bits per heavy atom. The number of benzene rings is 2. The van der Waals surface area contributed by atoms with Crippen molar-refractivity contribution in [2.24, 2.45) is 4.99 Å². The van der Waals surface area contributed by atoms with Gasteiger partial charge in [0.05, 0.1) is 16.2 Å². The summed E-state index contributed by atoms with van der Waals surface area (Å²) >= 11 is 5.79. The Kier molecular flexibility index (Phi) is 6.78. The van der Waals surface area contributed by atoms with Gasteiger partial charge in [-0.3, -0.25) is 10.7 Å². The van der Waals surface area contributed by atoms with Gasteiger partial charge in [0.2, 0.25) is 5.95 Å². The summed E-state index contributed by atoms with van der Waals surface area (Å²) in [6, 6.07) is 4.94. The van der Waals surface area contributed by atoms with Crippen molar-refractivity contribution in [3.8, 4) is 0 Å². The first-order chi connectivity index (χ1) is 15.8. The maximum Gasteiger partial charge on any atom is 0.201 e. The average molecular weight is 481 g/mol. The molecule has 0 aliphatic heterocycles. The Morgan fingerprint density at radius 1 is 1.18 bits per heavy atom. The number of nitrogens with one attached hydrogen (secondary N) is 3. The minimum atomic E-state index is -1.15. The fourth-order valence-electron chi connectivity index (χ4n) is 4.26. The molecule has 1 aromatic heterocycles. The molecule has 0 radical (unpaired) electrons. The van der Waals surface area contributed by atoms with Crippen molar-refractivity contribution in [3.63, 3.8) is 0 Å². The number of hydroxylamine groups is 1. The number of hydrogen-bond acceptors (Lipinski definition) is 5. The van der Waals surface area contributed by atoms with E-state index in [1.807, 2.05) is 19.6 Å². The molecular weight excluding hydrogens is 457 g/mol. The van der Waals surface area contributed by atoms with Gasteiger partial charge in [0.15, 0.2) is 17.5 Å². The number of halogens is 4. The highest BCUT2D eigenvalue weighted by Gasteiger charge is 2.28. The van der Waals surface area contributed by atoms with Crippen molar-refractivity contribution in [3.05, 3.63) is 52.3 Å². The molecule has 4 rings (SSSR count). The molecule has 2 aromatic carbocycles.